The summed E-state index contributed by atoms with van der Waals surface area (Å²) in [4.78, 5) is 65.8. The number of hydrogen-bond donors (Lipinski definition) is 3. The molecule has 0 saturated carbocycles. The Morgan fingerprint density at radius 3 is 2.66 bits per heavy atom. The molecule has 0 bridgehead atoms. The Morgan fingerprint density at radius 2 is 2.03 bits per heavy atom. The van der Waals surface area contributed by atoms with Gasteiger partial charge in [-0.15, -0.1) is 0 Å². The van der Waals surface area contributed by atoms with E-state index in [0.717, 1.165) is 16.9 Å². The molecule has 1 aromatic heterocycles. The van der Waals surface area contributed by atoms with Crippen LogP contribution in [0, 0.1) is 0 Å². The lowest BCUT2D eigenvalue weighted by Crippen LogP contribution is -2.62. The lowest BCUT2D eigenvalue weighted by atomic mass is 10.1. The Kier molecular flexibility index (Phi) is 7.06. The van der Waals surface area contributed by atoms with E-state index in [9.17, 15) is 24.0 Å². The Bertz CT molecular complexity index is 828. The molecule has 1 saturated heterocycles. The van der Waals surface area contributed by atoms with Crippen molar-refractivity contribution in [2.75, 3.05) is 32.5 Å². The Hall–Kier alpha value is -3.70. The molecule has 4 N–H and O–H groups in total. The number of aromatic nitrogens is 1. The monoisotopic (exact) mass is 407 g/mol. The molecule has 1 aliphatic heterocycles. The largest absolute Gasteiger partial charge is 0.480 e. The van der Waals surface area contributed by atoms with Crippen LogP contribution in [0.3, 0.4) is 0 Å². The third kappa shape index (κ3) is 5.89. The van der Waals surface area contributed by atoms with Gasteiger partial charge < -0.3 is 25.4 Å². The number of carbonyl (C=O) groups excluding carboxylic acids is 4. The van der Waals surface area contributed by atoms with E-state index in [2.05, 4.69) is 15.0 Å². The highest BCUT2D eigenvalue weighted by molar-refractivity contribution is 5.99. The summed E-state index contributed by atoms with van der Waals surface area (Å²) in [6.45, 7) is -0.677. The van der Waals surface area contributed by atoms with Gasteiger partial charge in [-0.1, -0.05) is 6.07 Å². The van der Waals surface area contributed by atoms with Gasteiger partial charge >= 0.3 is 18.0 Å². The number of anilines is 1. The van der Waals surface area contributed by atoms with Crippen LogP contribution in [-0.4, -0.2) is 82.5 Å². The molecular weight excluding hydrogens is 386 g/mol. The lowest BCUT2D eigenvalue weighted by Gasteiger charge is -2.39. The normalized spacial score (nSPS) is 16.3. The van der Waals surface area contributed by atoms with Crippen LogP contribution in [0.15, 0.2) is 18.2 Å². The van der Waals surface area contributed by atoms with Gasteiger partial charge in [0.15, 0.2) is 0 Å². The zero-order valence-corrected chi connectivity index (χ0v) is 15.7. The van der Waals surface area contributed by atoms with Crippen molar-refractivity contribution in [1.29, 1.82) is 0 Å². The molecule has 0 spiro atoms. The number of nitrogens with two attached hydrogens (primary N) is 1. The summed E-state index contributed by atoms with van der Waals surface area (Å²) in [6.07, 6.45) is -0.685. The molecule has 0 unspecified atom stereocenters. The average Bonchev–Trinajstić information content (AvgIpc) is 2.64. The predicted octanol–water partition coefficient (Wildman–Crippen LogP) is -1.40. The number of imide groups is 1. The van der Waals surface area contributed by atoms with Crippen LogP contribution in [0.1, 0.15) is 12.1 Å². The van der Waals surface area contributed by atoms with Crippen molar-refractivity contribution >= 4 is 35.6 Å². The zero-order chi connectivity index (χ0) is 21.6. The maximum absolute atomic E-state index is 12.6. The van der Waals surface area contributed by atoms with Crippen molar-refractivity contribution in [3.63, 3.8) is 0 Å². The van der Waals surface area contributed by atoms with Gasteiger partial charge in [0.25, 0.3) is 0 Å². The fourth-order valence-electron chi connectivity index (χ4n) is 2.84. The first-order valence-electron chi connectivity index (χ1n) is 8.60. The SMILES string of the molecule is COC(=O)C[C@@H]1C(=O)N(CC(=O)O)CCN1C(=O)NC(=O)Cc1cccc(N)n1. The van der Waals surface area contributed by atoms with Gasteiger partial charge in [0.1, 0.15) is 18.4 Å². The smallest absolute Gasteiger partial charge is 0.324 e. The third-order valence-electron chi connectivity index (χ3n) is 4.17. The van der Waals surface area contributed by atoms with Crippen LogP contribution in [-0.2, 0) is 30.3 Å². The number of nitrogens with one attached hydrogen (secondary N) is 1. The number of carbonyl (C=O) groups is 5. The maximum Gasteiger partial charge on any atom is 0.324 e. The van der Waals surface area contributed by atoms with Crippen LogP contribution >= 0.6 is 0 Å². The standard InChI is InChI=1S/C17H21N5O7/c1-29-15(26)8-11-16(27)21(9-14(24)25)5-6-22(11)17(28)20-13(23)7-10-3-2-4-12(18)19-10/h2-4,11H,5-9H2,1H3,(H2,18,19)(H,24,25)(H,20,23,28)/t11-/m1/s1. The summed E-state index contributed by atoms with van der Waals surface area (Å²) in [7, 11) is 1.12. The molecule has 0 aliphatic carbocycles. The van der Waals surface area contributed by atoms with Crippen molar-refractivity contribution in [2.45, 2.75) is 18.9 Å². The first-order chi connectivity index (χ1) is 13.7. The highest BCUT2D eigenvalue weighted by Crippen LogP contribution is 2.16. The summed E-state index contributed by atoms with van der Waals surface area (Å²) in [6, 6.07) is 2.56. The molecule has 12 nitrogen and oxygen atoms in total. The number of esters is 1. The average molecular weight is 407 g/mol. The van der Waals surface area contributed by atoms with Crippen molar-refractivity contribution < 1.29 is 33.8 Å². The van der Waals surface area contributed by atoms with Gasteiger partial charge in [-0.3, -0.25) is 24.5 Å². The number of aliphatic carboxylic acids is 1. The number of hydrogen-bond acceptors (Lipinski definition) is 8. The highest BCUT2D eigenvalue weighted by atomic mass is 16.5. The molecule has 2 heterocycles. The quantitative estimate of drug-likeness (QED) is 0.480. The number of nitrogens with zero attached hydrogens (tertiary/aromatic N) is 3. The van der Waals surface area contributed by atoms with E-state index >= 15 is 0 Å². The fraction of sp³-hybridized carbons (Fsp3) is 0.412. The molecule has 1 aromatic rings. The lowest BCUT2D eigenvalue weighted by molar-refractivity contribution is -0.152. The number of amides is 4. The van der Waals surface area contributed by atoms with Crippen LogP contribution in [0.2, 0.25) is 0 Å². The number of ether oxygens (including phenoxy) is 1. The molecule has 1 atom stereocenters. The van der Waals surface area contributed by atoms with Crippen LogP contribution < -0.4 is 11.1 Å². The molecule has 156 valence electrons. The maximum atomic E-state index is 12.6. The van der Waals surface area contributed by atoms with Gasteiger partial charge in [0.2, 0.25) is 11.8 Å². The van der Waals surface area contributed by atoms with Crippen LogP contribution in [0.25, 0.3) is 0 Å². The molecule has 4 amide bonds. The van der Waals surface area contributed by atoms with Crippen LogP contribution in [0.5, 0.6) is 0 Å². The van der Waals surface area contributed by atoms with Gasteiger partial charge in [0.05, 0.1) is 25.6 Å². The number of pyridine rings is 1. The van der Waals surface area contributed by atoms with Crippen molar-refractivity contribution in [3.05, 3.63) is 23.9 Å². The molecular formula is C17H21N5O7. The molecule has 0 aromatic carbocycles. The minimum absolute atomic E-state index is 0.0544. The van der Waals surface area contributed by atoms with E-state index in [4.69, 9.17) is 10.8 Å². The van der Waals surface area contributed by atoms with E-state index in [1.54, 1.807) is 18.2 Å². The predicted molar refractivity (Wildman–Crippen MR) is 97.2 cm³/mol. The van der Waals surface area contributed by atoms with Crippen molar-refractivity contribution in [3.8, 4) is 0 Å². The third-order valence-corrected chi connectivity index (χ3v) is 4.17. The van der Waals surface area contributed by atoms with E-state index < -0.39 is 48.8 Å². The van der Waals surface area contributed by atoms with Gasteiger partial charge in [-0.25, -0.2) is 9.78 Å². The summed E-state index contributed by atoms with van der Waals surface area (Å²) >= 11 is 0. The summed E-state index contributed by atoms with van der Waals surface area (Å²) in [5.74, 6) is -3.15. The summed E-state index contributed by atoms with van der Waals surface area (Å²) in [5, 5.41) is 11.1. The minimum Gasteiger partial charge on any atom is -0.480 e. The zero-order valence-electron chi connectivity index (χ0n) is 15.7. The summed E-state index contributed by atoms with van der Waals surface area (Å²) < 4.78 is 4.55. The van der Waals surface area contributed by atoms with E-state index in [0.29, 0.717) is 5.69 Å². The van der Waals surface area contributed by atoms with E-state index in [1.165, 1.54) is 0 Å². The first-order valence-corrected chi connectivity index (χ1v) is 8.60. The molecule has 1 aliphatic rings. The molecule has 12 heteroatoms. The Morgan fingerprint density at radius 1 is 1.31 bits per heavy atom. The number of carboxylic acid groups (broad SMARTS) is 1. The van der Waals surface area contributed by atoms with Gasteiger partial charge in [0, 0.05) is 13.1 Å². The van der Waals surface area contributed by atoms with Gasteiger partial charge in [-0.2, -0.15) is 0 Å². The second-order valence-corrected chi connectivity index (χ2v) is 6.23. The highest BCUT2D eigenvalue weighted by Gasteiger charge is 2.40. The van der Waals surface area contributed by atoms with Crippen molar-refractivity contribution in [1.82, 2.24) is 20.1 Å². The number of rotatable bonds is 6. The first kappa shape index (κ1) is 21.6. The number of carboxylic acids is 1. The topological polar surface area (TPSA) is 172 Å². The van der Waals surface area contributed by atoms with Crippen molar-refractivity contribution in [2.24, 2.45) is 0 Å². The van der Waals surface area contributed by atoms with Gasteiger partial charge in [-0.05, 0) is 12.1 Å². The number of methoxy groups -OCH3 is 1. The van der Waals surface area contributed by atoms with E-state index in [-0.39, 0.29) is 25.3 Å². The fourth-order valence-corrected chi connectivity index (χ4v) is 2.84. The number of urea groups is 1. The Labute approximate surface area is 165 Å². The van der Waals surface area contributed by atoms with Crippen LogP contribution in [0.4, 0.5) is 10.6 Å². The van der Waals surface area contributed by atoms with E-state index in [1.807, 2.05) is 0 Å². The Balaban J connectivity index is 2.09. The number of nitrogen functional groups attached to an aromatic ring is 1. The molecule has 1 fully saturated rings. The second-order valence-electron chi connectivity index (χ2n) is 6.23. The number of piperazine rings is 1. The molecule has 29 heavy (non-hydrogen) atoms. The molecule has 2 rings (SSSR count). The second kappa shape index (κ2) is 9.48. The minimum atomic E-state index is -1.28. The molecule has 0 radical (unpaired) electrons. The summed E-state index contributed by atoms with van der Waals surface area (Å²) in [5.41, 5.74) is 5.90.